The number of nitrogens with zero attached hydrogens (tertiary/aromatic N) is 2. The highest BCUT2D eigenvalue weighted by Gasteiger charge is 2.33. The molecular weight excluding hydrogens is 395 g/mol. The number of hydrazone groups is 1. The lowest BCUT2D eigenvalue weighted by Gasteiger charge is -2.09. The first kappa shape index (κ1) is 19.4. The van der Waals surface area contributed by atoms with E-state index in [1.807, 2.05) is 48.5 Å². The first-order valence-electron chi connectivity index (χ1n) is 8.90. The summed E-state index contributed by atoms with van der Waals surface area (Å²) >= 11 is 0. The summed E-state index contributed by atoms with van der Waals surface area (Å²) in [7, 11) is 0. The number of nitro benzene ring substituents is 1. The summed E-state index contributed by atoms with van der Waals surface area (Å²) in [5.74, 6) is 0. The Hall–Kier alpha value is -3.94. The van der Waals surface area contributed by atoms with Crippen molar-refractivity contribution in [3.05, 3.63) is 94.0 Å². The number of hydrogen-bond donors (Lipinski definition) is 1. The van der Waals surface area contributed by atoms with Gasteiger partial charge in [0.2, 0.25) is 0 Å². The van der Waals surface area contributed by atoms with Crippen molar-refractivity contribution in [2.24, 2.45) is 5.10 Å². The van der Waals surface area contributed by atoms with Gasteiger partial charge < -0.3 is 0 Å². The maximum atomic E-state index is 12.9. The van der Waals surface area contributed by atoms with Crippen LogP contribution >= 0.6 is 0 Å². The molecule has 8 heteroatoms. The Bertz CT molecular complexity index is 1250. The molecule has 0 fully saturated rings. The first-order chi connectivity index (χ1) is 14.3. The average Bonchev–Trinajstić information content (AvgIpc) is 2.72. The smallest absolute Gasteiger partial charge is 0.272 e. The molecule has 0 radical (unpaired) electrons. The number of fused-ring (bicyclic) bond motifs is 2. The van der Waals surface area contributed by atoms with E-state index in [0.717, 1.165) is 39.2 Å². The Morgan fingerprint density at radius 1 is 0.900 bits per heavy atom. The Morgan fingerprint density at radius 3 is 2.07 bits per heavy atom. The third-order valence-corrected chi connectivity index (χ3v) is 4.71. The molecule has 0 saturated heterocycles. The van der Waals surface area contributed by atoms with E-state index in [9.17, 15) is 23.3 Å². The number of benzene rings is 4. The normalized spacial score (nSPS) is 12.0. The highest BCUT2D eigenvalue weighted by Crippen LogP contribution is 2.35. The fourth-order valence-corrected chi connectivity index (χ4v) is 3.31. The van der Waals surface area contributed by atoms with Crippen molar-refractivity contribution in [2.75, 3.05) is 5.43 Å². The summed E-state index contributed by atoms with van der Waals surface area (Å²) in [6, 6.07) is 19.7. The van der Waals surface area contributed by atoms with E-state index in [2.05, 4.69) is 16.6 Å². The van der Waals surface area contributed by atoms with Crippen LogP contribution in [-0.2, 0) is 6.18 Å². The van der Waals surface area contributed by atoms with Gasteiger partial charge in [0, 0.05) is 11.6 Å². The van der Waals surface area contributed by atoms with E-state index in [-0.39, 0.29) is 5.69 Å². The molecule has 4 rings (SSSR count). The van der Waals surface area contributed by atoms with Crippen molar-refractivity contribution in [1.82, 2.24) is 0 Å². The zero-order valence-corrected chi connectivity index (χ0v) is 15.4. The zero-order valence-electron chi connectivity index (χ0n) is 15.4. The molecular formula is C22H14F3N3O2. The molecule has 0 aliphatic heterocycles. The standard InChI is InChI=1S/C22H14F3N3O2/c23-22(24,25)16-9-10-20(21(12-16)28(29)30)27-26-13-19-17-7-3-1-5-14(17)11-15-6-2-4-8-18(15)19/h1-13,27H/b26-13+. The number of nitro groups is 1. The van der Waals surface area contributed by atoms with Crippen molar-refractivity contribution in [3.8, 4) is 0 Å². The highest BCUT2D eigenvalue weighted by molar-refractivity contribution is 6.13. The molecule has 0 amide bonds. The fraction of sp³-hybridized carbons (Fsp3) is 0.0455. The Balaban J connectivity index is 1.75. The monoisotopic (exact) mass is 409 g/mol. The summed E-state index contributed by atoms with van der Waals surface area (Å²) in [6.45, 7) is 0. The van der Waals surface area contributed by atoms with Crippen LogP contribution in [-0.4, -0.2) is 11.1 Å². The van der Waals surface area contributed by atoms with Crippen LogP contribution in [0.15, 0.2) is 77.9 Å². The lowest BCUT2D eigenvalue weighted by Crippen LogP contribution is -2.06. The first-order valence-corrected chi connectivity index (χ1v) is 8.90. The second kappa shape index (κ2) is 7.47. The molecule has 0 aliphatic carbocycles. The summed E-state index contributed by atoms with van der Waals surface area (Å²) in [5, 5.41) is 19.2. The number of alkyl halides is 3. The Morgan fingerprint density at radius 2 is 1.50 bits per heavy atom. The number of halogens is 3. The molecule has 0 unspecified atom stereocenters. The van der Waals surface area contributed by atoms with Gasteiger partial charge in [-0.2, -0.15) is 18.3 Å². The molecule has 0 aromatic heterocycles. The van der Waals surface area contributed by atoms with E-state index in [4.69, 9.17) is 0 Å². The van der Waals surface area contributed by atoms with Crippen molar-refractivity contribution in [1.29, 1.82) is 0 Å². The van der Waals surface area contributed by atoms with Gasteiger partial charge in [-0.05, 0) is 39.7 Å². The molecule has 0 spiro atoms. The van der Waals surface area contributed by atoms with E-state index >= 15 is 0 Å². The third kappa shape index (κ3) is 3.67. The molecule has 0 aliphatic rings. The molecule has 150 valence electrons. The van der Waals surface area contributed by atoms with Gasteiger partial charge in [-0.3, -0.25) is 15.5 Å². The van der Waals surface area contributed by atoms with Gasteiger partial charge in [0.15, 0.2) is 0 Å². The summed E-state index contributed by atoms with van der Waals surface area (Å²) in [5.41, 5.74) is 1.38. The van der Waals surface area contributed by atoms with Crippen LogP contribution < -0.4 is 5.43 Å². The number of nitrogens with one attached hydrogen (secondary N) is 1. The van der Waals surface area contributed by atoms with Gasteiger partial charge in [-0.15, -0.1) is 0 Å². The van der Waals surface area contributed by atoms with Crippen molar-refractivity contribution in [3.63, 3.8) is 0 Å². The maximum Gasteiger partial charge on any atom is 0.416 e. The minimum atomic E-state index is -4.67. The molecule has 4 aromatic rings. The van der Waals surface area contributed by atoms with Crippen LogP contribution in [0.3, 0.4) is 0 Å². The Kier molecular flexibility index (Phi) is 4.83. The molecule has 0 saturated carbocycles. The van der Waals surface area contributed by atoms with Crippen LogP contribution in [0.1, 0.15) is 11.1 Å². The zero-order chi connectivity index (χ0) is 21.3. The molecule has 1 N–H and O–H groups in total. The van der Waals surface area contributed by atoms with Crippen LogP contribution in [0.2, 0.25) is 0 Å². The third-order valence-electron chi connectivity index (χ3n) is 4.71. The molecule has 5 nitrogen and oxygen atoms in total. The average molecular weight is 409 g/mol. The van der Waals surface area contributed by atoms with Crippen molar-refractivity contribution < 1.29 is 18.1 Å². The SMILES string of the molecule is O=[N+]([O-])c1cc(C(F)(F)F)ccc1N/N=C/c1c2ccccc2cc2ccccc12. The second-order valence-electron chi connectivity index (χ2n) is 6.59. The predicted octanol–water partition coefficient (Wildman–Crippen LogP) is 6.37. The van der Waals surface area contributed by atoms with Crippen LogP contribution in [0.5, 0.6) is 0 Å². The molecule has 30 heavy (non-hydrogen) atoms. The number of rotatable bonds is 4. The molecule has 4 aromatic carbocycles. The van der Waals surface area contributed by atoms with Gasteiger partial charge >= 0.3 is 6.18 Å². The van der Waals surface area contributed by atoms with Gasteiger partial charge in [-0.25, -0.2) is 0 Å². The fourth-order valence-electron chi connectivity index (χ4n) is 3.31. The van der Waals surface area contributed by atoms with Gasteiger partial charge in [0.1, 0.15) is 5.69 Å². The maximum absolute atomic E-state index is 12.9. The molecule has 0 bridgehead atoms. The number of anilines is 1. The van der Waals surface area contributed by atoms with Gasteiger partial charge in [0.25, 0.3) is 5.69 Å². The highest BCUT2D eigenvalue weighted by atomic mass is 19.4. The summed E-state index contributed by atoms with van der Waals surface area (Å²) in [4.78, 5) is 10.4. The van der Waals surface area contributed by atoms with Crippen molar-refractivity contribution in [2.45, 2.75) is 6.18 Å². The summed E-state index contributed by atoms with van der Waals surface area (Å²) < 4.78 is 38.6. The summed E-state index contributed by atoms with van der Waals surface area (Å²) in [6.07, 6.45) is -3.15. The topological polar surface area (TPSA) is 67.5 Å². The lowest BCUT2D eigenvalue weighted by atomic mass is 9.97. The van der Waals surface area contributed by atoms with Crippen LogP contribution in [0.25, 0.3) is 21.5 Å². The number of hydrogen-bond acceptors (Lipinski definition) is 4. The minimum absolute atomic E-state index is 0.131. The van der Waals surface area contributed by atoms with Crippen LogP contribution in [0, 0.1) is 10.1 Å². The molecule has 0 atom stereocenters. The molecule has 0 heterocycles. The minimum Gasteiger partial charge on any atom is -0.272 e. The second-order valence-corrected chi connectivity index (χ2v) is 6.59. The quantitative estimate of drug-likeness (QED) is 0.184. The predicted molar refractivity (Wildman–Crippen MR) is 111 cm³/mol. The van der Waals surface area contributed by atoms with Gasteiger partial charge in [-0.1, -0.05) is 48.5 Å². The Labute approximate surface area is 168 Å². The van der Waals surface area contributed by atoms with E-state index in [1.54, 1.807) is 0 Å². The van der Waals surface area contributed by atoms with E-state index in [1.165, 1.54) is 6.21 Å². The van der Waals surface area contributed by atoms with E-state index < -0.39 is 22.4 Å². The lowest BCUT2D eigenvalue weighted by molar-refractivity contribution is -0.384. The van der Waals surface area contributed by atoms with Gasteiger partial charge in [0.05, 0.1) is 16.7 Å². The largest absolute Gasteiger partial charge is 0.416 e. The van der Waals surface area contributed by atoms with Crippen LogP contribution in [0.4, 0.5) is 24.5 Å². The van der Waals surface area contributed by atoms with E-state index in [0.29, 0.717) is 6.07 Å². The van der Waals surface area contributed by atoms with Crippen molar-refractivity contribution >= 4 is 39.1 Å².